The molecule has 0 spiro atoms. The van der Waals surface area contributed by atoms with Crippen molar-refractivity contribution in [3.05, 3.63) is 29.8 Å². The predicted octanol–water partition coefficient (Wildman–Crippen LogP) is 2.15. The number of ether oxygens (including phenoxy) is 1. The summed E-state index contributed by atoms with van der Waals surface area (Å²) in [6.45, 7) is 0. The zero-order valence-corrected chi connectivity index (χ0v) is 7.93. The Hall–Kier alpha value is -0.730. The van der Waals surface area contributed by atoms with Crippen molar-refractivity contribution in [3.63, 3.8) is 0 Å². The Morgan fingerprint density at radius 3 is 2.83 bits per heavy atom. The molecule has 0 amide bonds. The van der Waals surface area contributed by atoms with E-state index in [4.69, 9.17) is 16.3 Å². The lowest BCUT2D eigenvalue weighted by Gasteiger charge is -2.09. The summed E-state index contributed by atoms with van der Waals surface area (Å²) in [6, 6.07) is 7.68. The Morgan fingerprint density at radius 1 is 1.50 bits per heavy atom. The van der Waals surface area contributed by atoms with E-state index in [1.807, 2.05) is 31.3 Å². The second kappa shape index (κ2) is 4.33. The van der Waals surface area contributed by atoms with Crippen molar-refractivity contribution in [1.82, 2.24) is 5.32 Å². The van der Waals surface area contributed by atoms with E-state index in [2.05, 4.69) is 5.32 Å². The molecule has 1 atom stereocenters. The molecule has 0 radical (unpaired) electrons. The lowest BCUT2D eigenvalue weighted by atomic mass is 10.2. The molecule has 0 saturated heterocycles. The number of hydrogen-bond acceptors (Lipinski definition) is 2. The van der Waals surface area contributed by atoms with Gasteiger partial charge in [-0.1, -0.05) is 12.1 Å². The molecule has 0 fully saturated rings. The maximum Gasteiger partial charge on any atom is 0.119 e. The Balaban J connectivity index is 2.86. The number of methoxy groups -OCH3 is 1. The van der Waals surface area contributed by atoms with E-state index < -0.39 is 0 Å². The monoisotopic (exact) mass is 185 g/mol. The Labute approximate surface area is 77.5 Å². The molecule has 3 heteroatoms. The molecule has 0 aliphatic rings. The molecule has 0 bridgehead atoms. The van der Waals surface area contributed by atoms with Gasteiger partial charge in [0, 0.05) is 0 Å². The molecular weight excluding hydrogens is 174 g/mol. The Morgan fingerprint density at radius 2 is 2.25 bits per heavy atom. The molecule has 0 aliphatic heterocycles. The van der Waals surface area contributed by atoms with Crippen LogP contribution in [0.15, 0.2) is 24.3 Å². The van der Waals surface area contributed by atoms with E-state index in [0.29, 0.717) is 0 Å². The normalized spacial score (nSPS) is 12.6. The van der Waals surface area contributed by atoms with Crippen LogP contribution in [0.1, 0.15) is 11.1 Å². The van der Waals surface area contributed by atoms with Crippen molar-refractivity contribution in [3.8, 4) is 5.75 Å². The number of benzene rings is 1. The summed E-state index contributed by atoms with van der Waals surface area (Å²) in [4.78, 5) is 0. The van der Waals surface area contributed by atoms with Crippen LogP contribution in [0.25, 0.3) is 0 Å². The van der Waals surface area contributed by atoms with Crippen LogP contribution < -0.4 is 10.1 Å². The third-order valence-electron chi connectivity index (χ3n) is 1.64. The molecule has 0 aliphatic carbocycles. The molecule has 12 heavy (non-hydrogen) atoms. The van der Waals surface area contributed by atoms with Gasteiger partial charge < -0.3 is 10.1 Å². The van der Waals surface area contributed by atoms with Gasteiger partial charge in [0.2, 0.25) is 0 Å². The summed E-state index contributed by atoms with van der Waals surface area (Å²) in [5.74, 6) is 0.827. The second-order valence-corrected chi connectivity index (χ2v) is 2.86. The zero-order chi connectivity index (χ0) is 8.97. The fourth-order valence-corrected chi connectivity index (χ4v) is 1.10. The molecule has 1 aromatic carbocycles. The van der Waals surface area contributed by atoms with Gasteiger partial charge in [-0.2, -0.15) is 0 Å². The number of rotatable bonds is 3. The second-order valence-electron chi connectivity index (χ2n) is 2.43. The summed E-state index contributed by atoms with van der Waals surface area (Å²) in [5, 5.41) is 2.94. The lowest BCUT2D eigenvalue weighted by Crippen LogP contribution is -2.09. The van der Waals surface area contributed by atoms with Crippen LogP contribution in [0.4, 0.5) is 0 Å². The van der Waals surface area contributed by atoms with Crippen LogP contribution in [0.3, 0.4) is 0 Å². The van der Waals surface area contributed by atoms with Crippen molar-refractivity contribution in [1.29, 1.82) is 0 Å². The molecule has 0 saturated carbocycles. The van der Waals surface area contributed by atoms with Crippen molar-refractivity contribution in [2.24, 2.45) is 0 Å². The average molecular weight is 186 g/mol. The largest absolute Gasteiger partial charge is 0.497 e. The minimum atomic E-state index is -0.153. The summed E-state index contributed by atoms with van der Waals surface area (Å²) >= 11 is 5.95. The molecule has 0 aromatic heterocycles. The van der Waals surface area contributed by atoms with E-state index in [1.54, 1.807) is 7.11 Å². The van der Waals surface area contributed by atoms with Crippen molar-refractivity contribution in [2.45, 2.75) is 5.50 Å². The van der Waals surface area contributed by atoms with Crippen molar-refractivity contribution < 1.29 is 4.74 Å². The third kappa shape index (κ3) is 2.13. The van der Waals surface area contributed by atoms with Gasteiger partial charge in [-0.05, 0) is 24.7 Å². The SMILES string of the molecule is CNC(Cl)c1cccc(OC)c1. The van der Waals surface area contributed by atoms with Gasteiger partial charge in [0.15, 0.2) is 0 Å². The quantitative estimate of drug-likeness (QED) is 0.576. The first-order chi connectivity index (χ1) is 5.77. The van der Waals surface area contributed by atoms with E-state index in [1.165, 1.54) is 0 Å². The molecule has 0 heterocycles. The smallest absolute Gasteiger partial charge is 0.119 e. The Kier molecular flexibility index (Phi) is 3.38. The lowest BCUT2D eigenvalue weighted by molar-refractivity contribution is 0.414. The highest BCUT2D eigenvalue weighted by atomic mass is 35.5. The number of alkyl halides is 1. The highest BCUT2D eigenvalue weighted by Crippen LogP contribution is 2.21. The zero-order valence-electron chi connectivity index (χ0n) is 7.17. The highest BCUT2D eigenvalue weighted by molar-refractivity contribution is 6.20. The van der Waals surface area contributed by atoms with Gasteiger partial charge >= 0.3 is 0 Å². The van der Waals surface area contributed by atoms with E-state index in [-0.39, 0.29) is 5.50 Å². The fraction of sp³-hybridized carbons (Fsp3) is 0.333. The number of hydrogen-bond donors (Lipinski definition) is 1. The van der Waals surface area contributed by atoms with Crippen LogP contribution in [0.5, 0.6) is 5.75 Å². The standard InChI is InChI=1S/C9H12ClNO/c1-11-9(10)7-4-3-5-8(6-7)12-2/h3-6,9,11H,1-2H3. The molecule has 1 rings (SSSR count). The van der Waals surface area contributed by atoms with Gasteiger partial charge in [0.1, 0.15) is 11.3 Å². The summed E-state index contributed by atoms with van der Waals surface area (Å²) in [7, 11) is 3.46. The molecule has 1 unspecified atom stereocenters. The number of nitrogens with one attached hydrogen (secondary N) is 1. The van der Waals surface area contributed by atoms with Crippen molar-refractivity contribution in [2.75, 3.05) is 14.2 Å². The summed E-state index contributed by atoms with van der Waals surface area (Å²) in [6.07, 6.45) is 0. The van der Waals surface area contributed by atoms with Crippen LogP contribution in [0.2, 0.25) is 0 Å². The predicted molar refractivity (Wildman–Crippen MR) is 50.6 cm³/mol. The topological polar surface area (TPSA) is 21.3 Å². The van der Waals surface area contributed by atoms with Gasteiger partial charge in [0.05, 0.1) is 7.11 Å². The van der Waals surface area contributed by atoms with Crippen LogP contribution in [-0.4, -0.2) is 14.2 Å². The summed E-state index contributed by atoms with van der Waals surface area (Å²) < 4.78 is 5.06. The third-order valence-corrected chi connectivity index (χ3v) is 2.11. The average Bonchev–Trinajstić information content (AvgIpc) is 2.17. The van der Waals surface area contributed by atoms with Gasteiger partial charge in [-0.3, -0.25) is 0 Å². The van der Waals surface area contributed by atoms with Gasteiger partial charge in [0.25, 0.3) is 0 Å². The first-order valence-corrected chi connectivity index (χ1v) is 4.17. The first kappa shape index (κ1) is 9.36. The van der Waals surface area contributed by atoms with E-state index >= 15 is 0 Å². The highest BCUT2D eigenvalue weighted by Gasteiger charge is 2.04. The number of halogens is 1. The first-order valence-electron chi connectivity index (χ1n) is 3.73. The summed E-state index contributed by atoms with van der Waals surface area (Å²) in [5.41, 5.74) is 0.860. The minimum absolute atomic E-state index is 0.153. The maximum absolute atomic E-state index is 5.95. The maximum atomic E-state index is 5.95. The molecule has 1 aromatic rings. The van der Waals surface area contributed by atoms with E-state index in [0.717, 1.165) is 11.3 Å². The fourth-order valence-electron chi connectivity index (χ4n) is 0.966. The van der Waals surface area contributed by atoms with Gasteiger partial charge in [-0.15, -0.1) is 11.6 Å². The Bertz CT molecular complexity index is 252. The molecule has 1 N–H and O–H groups in total. The van der Waals surface area contributed by atoms with E-state index in [9.17, 15) is 0 Å². The van der Waals surface area contributed by atoms with Crippen LogP contribution in [-0.2, 0) is 0 Å². The van der Waals surface area contributed by atoms with Crippen molar-refractivity contribution >= 4 is 11.6 Å². The van der Waals surface area contributed by atoms with Crippen LogP contribution >= 0.6 is 11.6 Å². The van der Waals surface area contributed by atoms with Gasteiger partial charge in [-0.25, -0.2) is 0 Å². The van der Waals surface area contributed by atoms with Crippen LogP contribution in [0, 0.1) is 0 Å². The molecular formula is C9H12ClNO. The molecule has 66 valence electrons. The minimum Gasteiger partial charge on any atom is -0.497 e. The molecule has 2 nitrogen and oxygen atoms in total.